The molecular formula is C13H21NO2. The van der Waals surface area contributed by atoms with E-state index in [0.717, 1.165) is 0 Å². The van der Waals surface area contributed by atoms with Crippen molar-refractivity contribution in [1.82, 2.24) is 4.90 Å². The molecule has 0 aromatic carbocycles. The lowest BCUT2D eigenvalue weighted by atomic mass is 9.80. The third-order valence-electron chi connectivity index (χ3n) is 3.99. The van der Waals surface area contributed by atoms with Crippen LogP contribution in [0.5, 0.6) is 0 Å². The Hall–Kier alpha value is -0.860. The molecule has 0 radical (unpaired) electrons. The van der Waals surface area contributed by atoms with Gasteiger partial charge in [0.2, 0.25) is 5.91 Å². The van der Waals surface area contributed by atoms with Gasteiger partial charge in [-0.15, -0.1) is 0 Å². The van der Waals surface area contributed by atoms with Crippen LogP contribution in [0.15, 0.2) is 0 Å². The van der Waals surface area contributed by atoms with Crippen molar-refractivity contribution in [3.8, 4) is 0 Å². The summed E-state index contributed by atoms with van der Waals surface area (Å²) in [4.78, 5) is 25.5. The van der Waals surface area contributed by atoms with Gasteiger partial charge in [-0.3, -0.25) is 9.59 Å². The molecule has 3 nitrogen and oxygen atoms in total. The highest BCUT2D eigenvalue weighted by Gasteiger charge is 2.36. The first-order chi connectivity index (χ1) is 7.49. The Bertz CT molecular complexity index is 305. The number of hydrogen-bond acceptors (Lipinski definition) is 2. The van der Waals surface area contributed by atoms with Crippen LogP contribution in [0.3, 0.4) is 0 Å². The third kappa shape index (κ3) is 2.28. The Kier molecular flexibility index (Phi) is 3.04. The largest absolute Gasteiger partial charge is 0.341 e. The van der Waals surface area contributed by atoms with Gasteiger partial charge >= 0.3 is 0 Å². The molecule has 0 spiro atoms. The predicted molar refractivity (Wildman–Crippen MR) is 61.9 cm³/mol. The second-order valence-electron chi connectivity index (χ2n) is 5.87. The Balaban J connectivity index is 1.89. The number of hydrogen-bond donors (Lipinski definition) is 0. The van der Waals surface area contributed by atoms with Crippen LogP contribution in [-0.4, -0.2) is 29.7 Å². The van der Waals surface area contributed by atoms with Crippen LogP contribution < -0.4 is 0 Å². The molecule has 0 bridgehead atoms. The van der Waals surface area contributed by atoms with Crippen molar-refractivity contribution in [1.29, 1.82) is 0 Å². The summed E-state index contributed by atoms with van der Waals surface area (Å²) >= 11 is 0. The fourth-order valence-electron chi connectivity index (χ4n) is 2.51. The molecule has 90 valence electrons. The molecule has 1 aliphatic heterocycles. The first-order valence-electron chi connectivity index (χ1n) is 6.30. The van der Waals surface area contributed by atoms with Crippen molar-refractivity contribution in [3.63, 3.8) is 0 Å². The van der Waals surface area contributed by atoms with Crippen LogP contribution in [0.2, 0.25) is 0 Å². The molecule has 1 saturated carbocycles. The molecule has 0 unspecified atom stereocenters. The summed E-state index contributed by atoms with van der Waals surface area (Å²) in [5, 5.41) is 0. The van der Waals surface area contributed by atoms with Crippen molar-refractivity contribution in [2.45, 2.75) is 46.0 Å². The van der Waals surface area contributed by atoms with Gasteiger partial charge in [0.05, 0.1) is 0 Å². The lowest BCUT2D eigenvalue weighted by Gasteiger charge is -2.38. The zero-order chi connectivity index (χ0) is 11.8. The quantitative estimate of drug-likeness (QED) is 0.718. The van der Waals surface area contributed by atoms with Gasteiger partial charge < -0.3 is 4.90 Å². The molecule has 0 N–H and O–H groups in total. The molecule has 2 rings (SSSR count). The molecular weight excluding hydrogens is 202 g/mol. The number of amides is 1. The fraction of sp³-hybridized carbons (Fsp3) is 0.846. The summed E-state index contributed by atoms with van der Waals surface area (Å²) in [5.74, 6) is 1.17. The SMILES string of the molecule is CC1(C)CN(C(=O)CC2CCC2)CCC1=O. The Morgan fingerprint density at radius 3 is 2.62 bits per heavy atom. The number of Topliss-reactive ketones (excluding diaryl/α,β-unsaturated/α-hetero) is 1. The van der Waals surface area contributed by atoms with E-state index in [-0.39, 0.29) is 11.3 Å². The average Bonchev–Trinajstić information content (AvgIpc) is 2.15. The number of ketones is 1. The topological polar surface area (TPSA) is 37.4 Å². The minimum atomic E-state index is -0.340. The summed E-state index contributed by atoms with van der Waals surface area (Å²) in [7, 11) is 0. The Morgan fingerprint density at radius 1 is 1.44 bits per heavy atom. The van der Waals surface area contributed by atoms with E-state index in [1.54, 1.807) is 0 Å². The number of likely N-dealkylation sites (tertiary alicyclic amines) is 1. The van der Waals surface area contributed by atoms with Crippen LogP contribution >= 0.6 is 0 Å². The van der Waals surface area contributed by atoms with Crippen LogP contribution in [0.1, 0.15) is 46.0 Å². The van der Waals surface area contributed by atoms with Crippen molar-refractivity contribution in [3.05, 3.63) is 0 Å². The van der Waals surface area contributed by atoms with E-state index in [1.165, 1.54) is 19.3 Å². The highest BCUT2D eigenvalue weighted by Crippen LogP contribution is 2.31. The standard InChI is InChI=1S/C13H21NO2/c1-13(2)9-14(7-6-11(13)15)12(16)8-10-4-3-5-10/h10H,3-9H2,1-2H3. The zero-order valence-electron chi connectivity index (χ0n) is 10.3. The highest BCUT2D eigenvalue weighted by atomic mass is 16.2. The smallest absolute Gasteiger partial charge is 0.222 e. The summed E-state index contributed by atoms with van der Waals surface area (Å²) in [6.07, 6.45) is 4.93. The van der Waals surface area contributed by atoms with E-state index in [0.29, 0.717) is 37.6 Å². The van der Waals surface area contributed by atoms with E-state index in [9.17, 15) is 9.59 Å². The molecule has 3 heteroatoms. The first kappa shape index (κ1) is 11.6. The molecule has 0 aromatic rings. The Labute approximate surface area is 97.2 Å². The van der Waals surface area contributed by atoms with Gasteiger partial charge in [0.25, 0.3) is 0 Å². The maximum absolute atomic E-state index is 12.0. The van der Waals surface area contributed by atoms with Gasteiger partial charge in [0, 0.05) is 31.3 Å². The maximum Gasteiger partial charge on any atom is 0.222 e. The molecule has 1 heterocycles. The molecule has 2 aliphatic rings. The van der Waals surface area contributed by atoms with Crippen LogP contribution in [0, 0.1) is 11.3 Å². The van der Waals surface area contributed by atoms with Gasteiger partial charge in [0.1, 0.15) is 5.78 Å². The third-order valence-corrected chi connectivity index (χ3v) is 3.99. The number of nitrogens with zero attached hydrogens (tertiary/aromatic N) is 1. The van der Waals surface area contributed by atoms with Gasteiger partial charge in [-0.2, -0.15) is 0 Å². The van der Waals surface area contributed by atoms with Gasteiger partial charge in [0.15, 0.2) is 0 Å². The Morgan fingerprint density at radius 2 is 2.12 bits per heavy atom. The van der Waals surface area contributed by atoms with E-state index >= 15 is 0 Å². The predicted octanol–water partition coefficient (Wildman–Crippen LogP) is 2.00. The molecule has 2 fully saturated rings. The fourth-order valence-corrected chi connectivity index (χ4v) is 2.51. The van der Waals surface area contributed by atoms with Crippen LogP contribution in [-0.2, 0) is 9.59 Å². The maximum atomic E-state index is 12.0. The number of carbonyl (C=O) groups excluding carboxylic acids is 2. The van der Waals surface area contributed by atoms with Crippen molar-refractivity contribution < 1.29 is 9.59 Å². The number of carbonyl (C=O) groups is 2. The number of rotatable bonds is 2. The van der Waals surface area contributed by atoms with Crippen LogP contribution in [0.25, 0.3) is 0 Å². The zero-order valence-corrected chi connectivity index (χ0v) is 10.3. The molecule has 0 aromatic heterocycles. The molecule has 0 atom stereocenters. The summed E-state index contributed by atoms with van der Waals surface area (Å²) in [5.41, 5.74) is -0.340. The van der Waals surface area contributed by atoms with E-state index < -0.39 is 0 Å². The second-order valence-corrected chi connectivity index (χ2v) is 5.87. The minimum Gasteiger partial charge on any atom is -0.341 e. The van der Waals surface area contributed by atoms with E-state index in [1.807, 2.05) is 18.7 Å². The molecule has 1 aliphatic carbocycles. The van der Waals surface area contributed by atoms with Gasteiger partial charge in [-0.05, 0) is 18.8 Å². The van der Waals surface area contributed by atoms with Crippen molar-refractivity contribution >= 4 is 11.7 Å². The summed E-state index contributed by atoms with van der Waals surface area (Å²) in [6, 6.07) is 0. The molecule has 16 heavy (non-hydrogen) atoms. The van der Waals surface area contributed by atoms with Gasteiger partial charge in [-0.25, -0.2) is 0 Å². The van der Waals surface area contributed by atoms with E-state index in [2.05, 4.69) is 0 Å². The first-order valence-corrected chi connectivity index (χ1v) is 6.30. The molecule has 1 saturated heterocycles. The highest BCUT2D eigenvalue weighted by molar-refractivity contribution is 5.87. The second kappa shape index (κ2) is 4.19. The summed E-state index contributed by atoms with van der Waals surface area (Å²) in [6.45, 7) is 5.13. The minimum absolute atomic E-state index is 0.255. The molecule has 1 amide bonds. The van der Waals surface area contributed by atoms with Crippen molar-refractivity contribution in [2.24, 2.45) is 11.3 Å². The normalized spacial score (nSPS) is 25.4. The summed E-state index contributed by atoms with van der Waals surface area (Å²) < 4.78 is 0. The average molecular weight is 223 g/mol. The lowest BCUT2D eigenvalue weighted by molar-refractivity contribution is -0.141. The monoisotopic (exact) mass is 223 g/mol. The van der Waals surface area contributed by atoms with E-state index in [4.69, 9.17) is 0 Å². The van der Waals surface area contributed by atoms with Gasteiger partial charge in [-0.1, -0.05) is 20.3 Å². The number of piperidine rings is 1. The van der Waals surface area contributed by atoms with Crippen molar-refractivity contribution in [2.75, 3.05) is 13.1 Å². The lowest BCUT2D eigenvalue weighted by Crippen LogP contribution is -2.49. The van der Waals surface area contributed by atoms with Crippen LogP contribution in [0.4, 0.5) is 0 Å².